The topological polar surface area (TPSA) is 107 Å². The molecule has 0 radical (unpaired) electrons. The van der Waals surface area contributed by atoms with Crippen LogP contribution < -0.4 is 14.9 Å². The number of likely N-dealkylation sites (N-methyl/N-ethyl adjacent to an activating group) is 1. The van der Waals surface area contributed by atoms with Crippen LogP contribution in [0.15, 0.2) is 52.5 Å². The van der Waals surface area contributed by atoms with E-state index in [0.29, 0.717) is 18.5 Å². The molecule has 1 fully saturated rings. The monoisotopic (exact) mass is 484 g/mol. The number of aromatic nitrogens is 1. The number of hydrogen-bond donors (Lipinski definition) is 2. The van der Waals surface area contributed by atoms with E-state index in [1.165, 1.54) is 0 Å². The summed E-state index contributed by atoms with van der Waals surface area (Å²) in [6, 6.07) is 9.92. The number of fused-ring (bicyclic) bond motifs is 1. The summed E-state index contributed by atoms with van der Waals surface area (Å²) in [5.41, 5.74) is 1.47. The van der Waals surface area contributed by atoms with E-state index in [-0.39, 0.29) is 16.6 Å². The molecule has 1 aromatic heterocycles. The molecule has 0 saturated carbocycles. The van der Waals surface area contributed by atoms with Crippen molar-refractivity contribution < 1.29 is 13.2 Å². The second kappa shape index (κ2) is 10.5. The van der Waals surface area contributed by atoms with Gasteiger partial charge < -0.3 is 15.1 Å². The summed E-state index contributed by atoms with van der Waals surface area (Å²) in [5, 5.41) is 2.99. The van der Waals surface area contributed by atoms with Gasteiger partial charge in [0.05, 0.1) is 4.90 Å². The Balaban J connectivity index is 1.46. The van der Waals surface area contributed by atoms with Crippen molar-refractivity contribution in [2.45, 2.75) is 43.7 Å². The van der Waals surface area contributed by atoms with Crippen molar-refractivity contribution in [1.82, 2.24) is 19.9 Å². The lowest BCUT2D eigenvalue weighted by molar-refractivity contribution is -0.122. The van der Waals surface area contributed by atoms with E-state index in [4.69, 9.17) is 0 Å². The van der Waals surface area contributed by atoms with Gasteiger partial charge in [0, 0.05) is 44.5 Å². The SMILES string of the molecule is CCCCC(N=C1NS(=O)(=O)c2ccccc21)C(=O)NCc1ccnc(N2CCN(C)CC2)c1. The molecule has 2 aromatic rings. The predicted molar refractivity (Wildman–Crippen MR) is 132 cm³/mol. The lowest BCUT2D eigenvalue weighted by Crippen LogP contribution is -2.44. The molecule has 1 aromatic carbocycles. The van der Waals surface area contributed by atoms with Gasteiger partial charge >= 0.3 is 0 Å². The van der Waals surface area contributed by atoms with E-state index in [2.05, 4.69) is 36.9 Å². The minimum atomic E-state index is -3.65. The predicted octanol–water partition coefficient (Wildman–Crippen LogP) is 1.75. The van der Waals surface area contributed by atoms with Gasteiger partial charge in [-0.15, -0.1) is 0 Å². The number of pyridine rings is 1. The first-order valence-electron chi connectivity index (χ1n) is 11.7. The zero-order chi connectivity index (χ0) is 24.1. The second-order valence-electron chi connectivity index (χ2n) is 8.77. The molecule has 34 heavy (non-hydrogen) atoms. The number of nitrogens with one attached hydrogen (secondary N) is 2. The largest absolute Gasteiger partial charge is 0.354 e. The van der Waals surface area contributed by atoms with Gasteiger partial charge in [0.15, 0.2) is 0 Å². The quantitative estimate of drug-likeness (QED) is 0.591. The number of piperazine rings is 1. The molecule has 182 valence electrons. The summed E-state index contributed by atoms with van der Waals surface area (Å²) in [5.74, 6) is 0.926. The Labute approximate surface area is 201 Å². The van der Waals surface area contributed by atoms with E-state index < -0.39 is 16.1 Å². The second-order valence-corrected chi connectivity index (χ2v) is 10.4. The van der Waals surface area contributed by atoms with Crippen molar-refractivity contribution in [1.29, 1.82) is 0 Å². The van der Waals surface area contributed by atoms with Crippen LogP contribution in [0.1, 0.15) is 37.3 Å². The highest BCUT2D eigenvalue weighted by Gasteiger charge is 2.31. The summed E-state index contributed by atoms with van der Waals surface area (Å²) in [6.45, 7) is 6.24. The number of hydrogen-bond acceptors (Lipinski definition) is 7. The van der Waals surface area contributed by atoms with Crippen LogP contribution in [0.4, 0.5) is 5.82 Å². The maximum Gasteiger partial charge on any atom is 0.263 e. The maximum absolute atomic E-state index is 13.1. The fraction of sp³-hybridized carbons (Fsp3) is 0.458. The van der Waals surface area contributed by atoms with Gasteiger partial charge in [0.2, 0.25) is 5.91 Å². The molecule has 9 nitrogen and oxygen atoms in total. The fourth-order valence-electron chi connectivity index (χ4n) is 4.12. The Morgan fingerprint density at radius 1 is 1.21 bits per heavy atom. The number of benzene rings is 1. The summed E-state index contributed by atoms with van der Waals surface area (Å²) < 4.78 is 27.3. The molecular weight excluding hydrogens is 452 g/mol. The zero-order valence-corrected chi connectivity index (χ0v) is 20.5. The van der Waals surface area contributed by atoms with E-state index in [0.717, 1.165) is 50.4 Å². The number of carbonyl (C=O) groups is 1. The molecule has 0 aliphatic carbocycles. The summed E-state index contributed by atoms with van der Waals surface area (Å²) in [6.07, 6.45) is 4.04. The standard InChI is InChI=1S/C24H32N6O3S/c1-3-4-8-20(27-23-19-7-5-6-9-21(19)34(32,33)28-23)24(31)26-17-18-10-11-25-22(16-18)30-14-12-29(2)13-15-30/h5-7,9-11,16,20H,3-4,8,12-15,17H2,1-2H3,(H,26,31)(H,27,28). The number of unbranched alkanes of at least 4 members (excludes halogenated alkanes) is 1. The van der Waals surface area contributed by atoms with Crippen LogP contribution in [-0.4, -0.2) is 69.3 Å². The van der Waals surface area contributed by atoms with E-state index in [1.54, 1.807) is 30.5 Å². The third-order valence-electron chi connectivity index (χ3n) is 6.19. The Morgan fingerprint density at radius 2 is 1.97 bits per heavy atom. The number of amidine groups is 1. The molecule has 1 atom stereocenters. The molecule has 1 amide bonds. The summed E-state index contributed by atoms with van der Waals surface area (Å²) in [4.78, 5) is 26.9. The molecular formula is C24H32N6O3S. The zero-order valence-electron chi connectivity index (χ0n) is 19.7. The van der Waals surface area contributed by atoms with Gasteiger partial charge in [-0.2, -0.15) is 0 Å². The minimum Gasteiger partial charge on any atom is -0.354 e. The molecule has 0 spiro atoms. The normalized spacial score (nSPS) is 19.5. The molecule has 1 saturated heterocycles. The molecule has 4 rings (SSSR count). The van der Waals surface area contributed by atoms with Crippen LogP contribution in [0.25, 0.3) is 0 Å². The van der Waals surface area contributed by atoms with Gasteiger partial charge in [-0.1, -0.05) is 31.9 Å². The third kappa shape index (κ3) is 5.56. The highest BCUT2D eigenvalue weighted by molar-refractivity contribution is 7.90. The lowest BCUT2D eigenvalue weighted by Gasteiger charge is -2.33. The number of sulfonamides is 1. The number of aliphatic imine (C=N–C) groups is 1. The van der Waals surface area contributed by atoms with Crippen LogP contribution >= 0.6 is 0 Å². The van der Waals surface area contributed by atoms with E-state index in [1.807, 2.05) is 19.1 Å². The first-order chi connectivity index (χ1) is 16.4. The van der Waals surface area contributed by atoms with Crippen molar-refractivity contribution in [3.8, 4) is 0 Å². The highest BCUT2D eigenvalue weighted by Crippen LogP contribution is 2.23. The van der Waals surface area contributed by atoms with E-state index >= 15 is 0 Å². The van der Waals surface area contributed by atoms with Crippen molar-refractivity contribution in [2.24, 2.45) is 4.99 Å². The van der Waals surface area contributed by atoms with Gasteiger partial charge in [-0.3, -0.25) is 14.5 Å². The average Bonchev–Trinajstić information content (AvgIpc) is 3.10. The molecule has 2 aliphatic rings. The number of anilines is 1. The summed E-state index contributed by atoms with van der Waals surface area (Å²) >= 11 is 0. The van der Waals surface area contributed by atoms with Crippen LogP contribution in [0, 0.1) is 0 Å². The van der Waals surface area contributed by atoms with Crippen LogP contribution in [0.5, 0.6) is 0 Å². The highest BCUT2D eigenvalue weighted by atomic mass is 32.2. The molecule has 10 heteroatoms. The number of nitrogens with zero attached hydrogens (tertiary/aromatic N) is 4. The molecule has 2 N–H and O–H groups in total. The van der Waals surface area contributed by atoms with E-state index in [9.17, 15) is 13.2 Å². The molecule has 2 aliphatic heterocycles. The number of rotatable bonds is 8. The molecule has 0 bridgehead atoms. The maximum atomic E-state index is 13.1. The Morgan fingerprint density at radius 3 is 2.74 bits per heavy atom. The van der Waals surface area contributed by atoms with Gasteiger partial charge in [0.25, 0.3) is 10.0 Å². The van der Waals surface area contributed by atoms with Crippen molar-refractivity contribution in [3.63, 3.8) is 0 Å². The minimum absolute atomic E-state index is 0.191. The van der Waals surface area contributed by atoms with Gasteiger partial charge in [0.1, 0.15) is 17.7 Å². The Hall–Kier alpha value is -2.98. The third-order valence-corrected chi connectivity index (χ3v) is 7.58. The first kappa shape index (κ1) is 24.2. The smallest absolute Gasteiger partial charge is 0.263 e. The Kier molecular flexibility index (Phi) is 7.47. The van der Waals surface area contributed by atoms with Gasteiger partial charge in [-0.25, -0.2) is 13.4 Å². The number of amides is 1. The average molecular weight is 485 g/mol. The first-order valence-corrected chi connectivity index (χ1v) is 13.2. The summed E-state index contributed by atoms with van der Waals surface area (Å²) in [7, 11) is -1.53. The number of carbonyl (C=O) groups excluding carboxylic acids is 1. The van der Waals surface area contributed by atoms with Crippen LogP contribution in [0.2, 0.25) is 0 Å². The van der Waals surface area contributed by atoms with Gasteiger partial charge in [-0.05, 0) is 43.3 Å². The molecule has 1 unspecified atom stereocenters. The fourth-order valence-corrected chi connectivity index (χ4v) is 5.36. The van der Waals surface area contributed by atoms with Crippen molar-refractivity contribution >= 4 is 27.6 Å². The van der Waals surface area contributed by atoms with Crippen molar-refractivity contribution in [2.75, 3.05) is 38.1 Å². The van der Waals surface area contributed by atoms with Crippen LogP contribution in [0.3, 0.4) is 0 Å². The molecule has 3 heterocycles. The van der Waals surface area contributed by atoms with Crippen LogP contribution in [-0.2, 0) is 21.4 Å². The van der Waals surface area contributed by atoms with Crippen molar-refractivity contribution in [3.05, 3.63) is 53.7 Å². The lowest BCUT2D eigenvalue weighted by atomic mass is 10.1. The Bertz CT molecular complexity index is 1160.